The molecule has 15 heteroatoms. The molecule has 0 radical (unpaired) electrons. The predicted molar refractivity (Wildman–Crippen MR) is 158 cm³/mol. The fourth-order valence-electron chi connectivity index (χ4n) is 4.98. The Bertz CT molecular complexity index is 1770. The van der Waals surface area contributed by atoms with E-state index in [4.69, 9.17) is 9.72 Å². The van der Waals surface area contributed by atoms with Gasteiger partial charge in [0.05, 0.1) is 23.5 Å². The molecule has 0 aliphatic carbocycles. The zero-order valence-electron chi connectivity index (χ0n) is 24.7. The first-order valence-electron chi connectivity index (χ1n) is 13.7. The second-order valence-electron chi connectivity index (χ2n) is 10.9. The first-order valence-corrected chi connectivity index (χ1v) is 14.5. The number of hydrogen-bond donors (Lipinski definition) is 0. The summed E-state index contributed by atoms with van der Waals surface area (Å²) in [5, 5.41) is 12.9. The van der Waals surface area contributed by atoms with Crippen molar-refractivity contribution in [1.82, 2.24) is 39.3 Å². The van der Waals surface area contributed by atoms with Crippen molar-refractivity contribution in [2.75, 3.05) is 27.2 Å². The van der Waals surface area contributed by atoms with Crippen molar-refractivity contribution < 1.29 is 22.7 Å². The van der Waals surface area contributed by atoms with Gasteiger partial charge in [0.1, 0.15) is 6.61 Å². The third kappa shape index (κ3) is 6.24. The Labute approximate surface area is 259 Å². The Morgan fingerprint density at radius 1 is 1.14 bits per heavy atom. The quantitative estimate of drug-likeness (QED) is 0.288. The molecule has 0 N–H and O–H groups in total. The first-order chi connectivity index (χ1) is 20.7. The number of aryl methyl sites for hydroxylation is 2. The molecule has 1 atom stereocenters. The lowest BCUT2D eigenvalue weighted by atomic mass is 9.98. The van der Waals surface area contributed by atoms with Crippen LogP contribution < -0.4 is 10.3 Å². The topological polar surface area (TPSA) is 111 Å². The summed E-state index contributed by atoms with van der Waals surface area (Å²) in [7, 11) is 3.85. The van der Waals surface area contributed by atoms with Crippen molar-refractivity contribution in [3.05, 3.63) is 85.0 Å². The normalized spacial score (nSPS) is 15.0. The van der Waals surface area contributed by atoms with Crippen molar-refractivity contribution in [1.29, 1.82) is 0 Å². The fraction of sp³-hybridized carbons (Fsp3) is 0.379. The standard InChI is InChI=1S/C29H30BrF3N8O3/c1-16-12-18(3)41(37-16)28-34-23-15-39(26(42)19-6-7-22(30)21(14-19)29(31,32)33)17(2)13-20(23)27(43)40(28)24-8-9-25(36-35-24)44-11-10-38(4)5/h6-9,12,14,17H,10-11,13,15H2,1-5H3/t17-/m1/s1. The number of benzene rings is 1. The molecule has 0 bridgehead atoms. The van der Waals surface area contributed by atoms with Gasteiger partial charge in [-0.2, -0.15) is 18.3 Å². The van der Waals surface area contributed by atoms with Gasteiger partial charge in [-0.3, -0.25) is 9.59 Å². The van der Waals surface area contributed by atoms with Gasteiger partial charge in [0.15, 0.2) is 5.82 Å². The van der Waals surface area contributed by atoms with Crippen LogP contribution in [0.4, 0.5) is 13.2 Å². The molecule has 4 heterocycles. The first kappa shape index (κ1) is 31.3. The van der Waals surface area contributed by atoms with Gasteiger partial charge in [-0.1, -0.05) is 15.9 Å². The number of likely N-dealkylation sites (N-methyl/N-ethyl adjacent to an activating group) is 1. The molecule has 1 aliphatic heterocycles. The summed E-state index contributed by atoms with van der Waals surface area (Å²) in [6.07, 6.45) is -4.51. The van der Waals surface area contributed by atoms with Gasteiger partial charge in [0.2, 0.25) is 11.8 Å². The van der Waals surface area contributed by atoms with Gasteiger partial charge in [-0.25, -0.2) is 14.2 Å². The van der Waals surface area contributed by atoms with Crippen molar-refractivity contribution >= 4 is 21.8 Å². The monoisotopic (exact) mass is 674 g/mol. The van der Waals surface area contributed by atoms with Crippen molar-refractivity contribution in [3.8, 4) is 17.6 Å². The zero-order valence-corrected chi connectivity index (χ0v) is 26.3. The second-order valence-corrected chi connectivity index (χ2v) is 11.7. The van der Waals surface area contributed by atoms with E-state index in [2.05, 4.69) is 31.2 Å². The summed E-state index contributed by atoms with van der Waals surface area (Å²) in [6.45, 7) is 6.36. The van der Waals surface area contributed by atoms with Crippen molar-refractivity contribution in [3.63, 3.8) is 0 Å². The average molecular weight is 676 g/mol. The highest BCUT2D eigenvalue weighted by atomic mass is 79.9. The van der Waals surface area contributed by atoms with E-state index in [-0.39, 0.29) is 34.8 Å². The third-order valence-corrected chi connectivity index (χ3v) is 7.91. The lowest BCUT2D eigenvalue weighted by molar-refractivity contribution is -0.138. The number of halogens is 4. The predicted octanol–water partition coefficient (Wildman–Crippen LogP) is 4.13. The highest BCUT2D eigenvalue weighted by Crippen LogP contribution is 2.36. The zero-order chi connectivity index (χ0) is 31.9. The highest BCUT2D eigenvalue weighted by Gasteiger charge is 2.36. The van der Waals surface area contributed by atoms with E-state index < -0.39 is 29.2 Å². The van der Waals surface area contributed by atoms with Gasteiger partial charge < -0.3 is 14.5 Å². The number of nitrogens with zero attached hydrogens (tertiary/aromatic N) is 8. The Morgan fingerprint density at radius 3 is 2.50 bits per heavy atom. The Kier molecular flexibility index (Phi) is 8.62. The minimum Gasteiger partial charge on any atom is -0.475 e. The molecule has 232 valence electrons. The van der Waals surface area contributed by atoms with Gasteiger partial charge in [-0.05, 0) is 71.6 Å². The van der Waals surface area contributed by atoms with Crippen LogP contribution in [-0.2, 0) is 19.1 Å². The van der Waals surface area contributed by atoms with E-state index in [1.807, 2.05) is 32.0 Å². The van der Waals surface area contributed by atoms with Crippen LogP contribution >= 0.6 is 15.9 Å². The summed E-state index contributed by atoms with van der Waals surface area (Å²) in [5.41, 5.74) is 0.610. The lowest BCUT2D eigenvalue weighted by Crippen LogP contribution is -2.46. The maximum atomic E-state index is 14.1. The summed E-state index contributed by atoms with van der Waals surface area (Å²) >= 11 is 2.92. The molecule has 11 nitrogen and oxygen atoms in total. The minimum atomic E-state index is -4.64. The number of alkyl halides is 3. The molecule has 3 aromatic heterocycles. The third-order valence-electron chi connectivity index (χ3n) is 7.22. The second kappa shape index (κ2) is 12.1. The molecule has 1 aliphatic rings. The van der Waals surface area contributed by atoms with E-state index in [1.54, 1.807) is 26.0 Å². The van der Waals surface area contributed by atoms with Crippen LogP contribution in [0.2, 0.25) is 0 Å². The van der Waals surface area contributed by atoms with Gasteiger partial charge in [0, 0.05) is 39.9 Å². The van der Waals surface area contributed by atoms with Gasteiger partial charge >= 0.3 is 6.18 Å². The number of aromatic nitrogens is 6. The van der Waals surface area contributed by atoms with E-state index in [9.17, 15) is 22.8 Å². The molecular weight excluding hydrogens is 645 g/mol. The number of hydrogen-bond acceptors (Lipinski definition) is 8. The summed E-state index contributed by atoms with van der Waals surface area (Å²) in [6, 6.07) is 7.91. The van der Waals surface area contributed by atoms with E-state index >= 15 is 0 Å². The van der Waals surface area contributed by atoms with Crippen LogP contribution in [0, 0.1) is 13.8 Å². The molecule has 5 rings (SSSR count). The largest absolute Gasteiger partial charge is 0.475 e. The van der Waals surface area contributed by atoms with Crippen LogP contribution in [0.1, 0.15) is 45.5 Å². The number of rotatable bonds is 7. The molecule has 0 spiro atoms. The number of carbonyl (C=O) groups excluding carboxylic acids is 1. The maximum absolute atomic E-state index is 14.1. The molecule has 0 saturated carbocycles. The van der Waals surface area contributed by atoms with Crippen LogP contribution in [0.3, 0.4) is 0 Å². The van der Waals surface area contributed by atoms with Crippen LogP contribution in [0.15, 0.2) is 45.7 Å². The Morgan fingerprint density at radius 2 is 1.89 bits per heavy atom. The van der Waals surface area contributed by atoms with E-state index in [1.165, 1.54) is 26.3 Å². The summed E-state index contributed by atoms with van der Waals surface area (Å²) in [5.74, 6) is 0.0375. The molecule has 0 saturated heterocycles. The minimum absolute atomic E-state index is 0.0839. The van der Waals surface area contributed by atoms with E-state index in [0.29, 0.717) is 41.7 Å². The highest BCUT2D eigenvalue weighted by molar-refractivity contribution is 9.10. The van der Waals surface area contributed by atoms with Gasteiger partial charge in [0.25, 0.3) is 11.5 Å². The molecule has 4 aromatic rings. The molecule has 44 heavy (non-hydrogen) atoms. The fourth-order valence-corrected chi connectivity index (χ4v) is 5.45. The Balaban J connectivity index is 1.56. The molecule has 1 aromatic carbocycles. The SMILES string of the molecule is Cc1cc(C)n(-c2nc3c(c(=O)n2-c2ccc(OCCN(C)C)nn2)C[C@@H](C)N(C(=O)c2ccc(Br)c(C(F)(F)F)c2)C3)n1. The number of amides is 1. The van der Waals surface area contributed by atoms with Crippen molar-refractivity contribution in [2.45, 2.75) is 46.0 Å². The smallest absolute Gasteiger partial charge is 0.417 e. The van der Waals surface area contributed by atoms with Crippen molar-refractivity contribution in [2.24, 2.45) is 0 Å². The number of fused-ring (bicyclic) bond motifs is 1. The summed E-state index contributed by atoms with van der Waals surface area (Å²) < 4.78 is 49.0. The molecule has 0 unspecified atom stereocenters. The molecular formula is C29H30BrF3N8O3. The van der Waals surface area contributed by atoms with E-state index in [0.717, 1.165) is 6.07 Å². The number of ether oxygens (including phenoxy) is 1. The summed E-state index contributed by atoms with van der Waals surface area (Å²) in [4.78, 5) is 35.8. The number of carbonyl (C=O) groups is 1. The van der Waals surface area contributed by atoms with Crippen LogP contribution in [0.5, 0.6) is 5.88 Å². The maximum Gasteiger partial charge on any atom is 0.417 e. The molecule has 0 fully saturated rings. The lowest BCUT2D eigenvalue weighted by Gasteiger charge is -2.34. The average Bonchev–Trinajstić information content (AvgIpc) is 3.30. The molecule has 1 amide bonds. The van der Waals surface area contributed by atoms with Crippen LogP contribution in [0.25, 0.3) is 11.8 Å². The Hall–Kier alpha value is -4.11. The van der Waals surface area contributed by atoms with Gasteiger partial charge in [-0.15, -0.1) is 10.2 Å². The van der Waals surface area contributed by atoms with Crippen LogP contribution in [-0.4, -0.2) is 78.5 Å².